The average Bonchev–Trinajstić information content (AvgIpc) is 2.48. The second-order valence-electron chi connectivity index (χ2n) is 5.21. The van der Waals surface area contributed by atoms with Gasteiger partial charge in [0.05, 0.1) is 21.8 Å². The average molecular weight is 381 g/mol. The van der Waals surface area contributed by atoms with Crippen LogP contribution in [0, 0.1) is 5.92 Å². The third-order valence-corrected chi connectivity index (χ3v) is 4.87. The van der Waals surface area contributed by atoms with E-state index in [0.717, 1.165) is 17.3 Å². The molecule has 0 fully saturated rings. The van der Waals surface area contributed by atoms with E-state index in [1.165, 1.54) is 18.9 Å². The van der Waals surface area contributed by atoms with Crippen molar-refractivity contribution in [1.82, 2.24) is 4.90 Å². The van der Waals surface area contributed by atoms with Gasteiger partial charge >= 0.3 is 29.6 Å². The first kappa shape index (κ1) is 23.6. The van der Waals surface area contributed by atoms with Gasteiger partial charge in [0.1, 0.15) is 0 Å². The molecule has 1 aromatic carbocycles. The monoisotopic (exact) mass is 381 g/mol. The molecule has 9 heteroatoms. The second-order valence-corrected chi connectivity index (χ2v) is 7.93. The van der Waals surface area contributed by atoms with Crippen molar-refractivity contribution in [1.29, 1.82) is 0 Å². The molecule has 0 N–H and O–H groups in total. The zero-order chi connectivity index (χ0) is 17.5. The fourth-order valence-corrected chi connectivity index (χ4v) is 3.20. The Kier molecular flexibility index (Phi) is 11.1. The number of nitrogens with zero attached hydrogens (tertiary/aromatic N) is 1. The fraction of sp³-hybridized carbons (Fsp3) is 0.467. The van der Waals surface area contributed by atoms with Gasteiger partial charge in [-0.3, -0.25) is 9.59 Å². The van der Waals surface area contributed by atoms with Crippen LogP contribution < -0.4 is 29.6 Å². The van der Waals surface area contributed by atoms with Crippen LogP contribution in [0.1, 0.15) is 12.5 Å². The molecule has 0 saturated heterocycles. The summed E-state index contributed by atoms with van der Waals surface area (Å²) in [5, 5.41) is -0.0827. The summed E-state index contributed by atoms with van der Waals surface area (Å²) in [5.41, 5.74) is 0.958. The van der Waals surface area contributed by atoms with Crippen LogP contribution in [-0.4, -0.2) is 54.0 Å². The van der Waals surface area contributed by atoms with E-state index < -0.39 is 21.8 Å². The first-order valence-electron chi connectivity index (χ1n) is 7.05. The minimum Gasteiger partial charge on any atom is -0.748 e. The fourth-order valence-electron chi connectivity index (χ4n) is 2.00. The van der Waals surface area contributed by atoms with Crippen molar-refractivity contribution in [2.24, 2.45) is 5.92 Å². The summed E-state index contributed by atoms with van der Waals surface area (Å²) in [7, 11) is -2.90. The smallest absolute Gasteiger partial charge is 0.748 e. The minimum absolute atomic E-state index is 0. The van der Waals surface area contributed by atoms with Crippen LogP contribution in [-0.2, 0) is 26.1 Å². The van der Waals surface area contributed by atoms with Crippen molar-refractivity contribution in [3.05, 3.63) is 35.9 Å². The molecule has 1 aromatic rings. The van der Waals surface area contributed by atoms with E-state index in [1.54, 1.807) is 0 Å². The van der Waals surface area contributed by atoms with E-state index >= 15 is 0 Å². The van der Waals surface area contributed by atoms with Crippen LogP contribution in [0.25, 0.3) is 0 Å². The standard InChI is InChI=1S/C15H21NO5S2.Na/c1-12(17)22-11-14(10-13-6-4-3-5-7-13)15(18)16(2)8-9-23(19,20)21;/h3-7,14H,8-11H2,1-2H3,(H,19,20,21);/q;+1/p-1. The largest absolute Gasteiger partial charge is 1.00 e. The van der Waals surface area contributed by atoms with Gasteiger partial charge in [-0.25, -0.2) is 8.42 Å². The summed E-state index contributed by atoms with van der Waals surface area (Å²) < 4.78 is 32.1. The van der Waals surface area contributed by atoms with E-state index in [1.807, 2.05) is 30.3 Å². The molecule has 0 spiro atoms. The predicted molar refractivity (Wildman–Crippen MR) is 89.0 cm³/mol. The van der Waals surface area contributed by atoms with Crippen molar-refractivity contribution >= 4 is 32.9 Å². The van der Waals surface area contributed by atoms with Crippen molar-refractivity contribution in [2.75, 3.05) is 25.1 Å². The summed E-state index contributed by atoms with van der Waals surface area (Å²) in [6.45, 7) is 1.28. The van der Waals surface area contributed by atoms with E-state index in [0.29, 0.717) is 12.2 Å². The minimum atomic E-state index is -4.37. The van der Waals surface area contributed by atoms with E-state index in [9.17, 15) is 22.6 Å². The maximum absolute atomic E-state index is 12.5. The van der Waals surface area contributed by atoms with Gasteiger partial charge in [-0.2, -0.15) is 0 Å². The van der Waals surface area contributed by atoms with Gasteiger partial charge in [-0.05, 0) is 12.0 Å². The molecule has 1 amide bonds. The summed E-state index contributed by atoms with van der Waals surface area (Å²) in [6, 6.07) is 9.38. The second kappa shape index (κ2) is 11.3. The van der Waals surface area contributed by atoms with E-state index in [-0.39, 0.29) is 47.1 Å². The third-order valence-electron chi connectivity index (χ3n) is 3.21. The molecular formula is C15H20NNaO5S2. The number of hydrogen-bond acceptors (Lipinski definition) is 6. The Morgan fingerprint density at radius 1 is 1.25 bits per heavy atom. The third kappa shape index (κ3) is 9.80. The van der Waals surface area contributed by atoms with Gasteiger partial charge < -0.3 is 9.45 Å². The summed E-state index contributed by atoms with van der Waals surface area (Å²) >= 11 is 1.06. The number of carbonyl (C=O) groups excluding carboxylic acids is 2. The first-order valence-corrected chi connectivity index (χ1v) is 9.61. The molecule has 0 radical (unpaired) electrons. The molecular weight excluding hydrogens is 361 g/mol. The predicted octanol–water partition coefficient (Wildman–Crippen LogP) is -1.87. The van der Waals surface area contributed by atoms with Gasteiger partial charge in [-0.15, -0.1) is 0 Å². The molecule has 0 aromatic heterocycles. The Bertz CT molecular complexity index is 637. The molecule has 0 saturated carbocycles. The maximum Gasteiger partial charge on any atom is 1.00 e. The van der Waals surface area contributed by atoms with Gasteiger partial charge in [-0.1, -0.05) is 42.1 Å². The molecule has 24 heavy (non-hydrogen) atoms. The molecule has 0 aliphatic heterocycles. The Balaban J connectivity index is 0.00000529. The Morgan fingerprint density at radius 3 is 2.33 bits per heavy atom. The van der Waals surface area contributed by atoms with Crippen molar-refractivity contribution in [3.8, 4) is 0 Å². The number of rotatable bonds is 8. The van der Waals surface area contributed by atoms with Crippen LogP contribution in [0.15, 0.2) is 30.3 Å². The van der Waals surface area contributed by atoms with E-state index in [2.05, 4.69) is 0 Å². The number of carbonyl (C=O) groups is 2. The Labute approximate surface area is 169 Å². The zero-order valence-corrected chi connectivity index (χ0v) is 17.7. The summed E-state index contributed by atoms with van der Waals surface area (Å²) in [6.07, 6.45) is 0.453. The van der Waals surface area contributed by atoms with Crippen LogP contribution >= 0.6 is 11.8 Å². The van der Waals surface area contributed by atoms with Gasteiger partial charge in [0.2, 0.25) is 5.91 Å². The van der Waals surface area contributed by atoms with Crippen LogP contribution in [0.4, 0.5) is 0 Å². The molecule has 6 nitrogen and oxygen atoms in total. The summed E-state index contributed by atoms with van der Waals surface area (Å²) in [4.78, 5) is 24.9. The molecule has 1 atom stereocenters. The molecule has 0 heterocycles. The maximum atomic E-state index is 12.5. The topological polar surface area (TPSA) is 94.6 Å². The Hall–Kier alpha value is -0.380. The molecule has 0 bridgehead atoms. The first-order chi connectivity index (χ1) is 10.7. The van der Waals surface area contributed by atoms with Gasteiger partial charge in [0.25, 0.3) is 0 Å². The van der Waals surface area contributed by atoms with Gasteiger partial charge in [0.15, 0.2) is 5.12 Å². The normalized spacial score (nSPS) is 12.1. The van der Waals surface area contributed by atoms with E-state index in [4.69, 9.17) is 0 Å². The zero-order valence-electron chi connectivity index (χ0n) is 14.1. The Morgan fingerprint density at radius 2 is 1.83 bits per heavy atom. The number of thioether (sulfide) groups is 1. The molecule has 1 rings (SSSR count). The molecule has 128 valence electrons. The van der Waals surface area contributed by atoms with Crippen molar-refractivity contribution in [3.63, 3.8) is 0 Å². The van der Waals surface area contributed by atoms with Crippen molar-refractivity contribution < 1.29 is 52.1 Å². The molecule has 0 aliphatic carbocycles. The quantitative estimate of drug-likeness (QED) is 0.387. The number of benzene rings is 1. The SMILES string of the molecule is CC(=O)SCC(Cc1ccccc1)C(=O)N(C)CCS(=O)(=O)[O-].[Na+]. The molecule has 0 aliphatic rings. The van der Waals surface area contributed by atoms with Gasteiger partial charge in [0, 0.05) is 26.3 Å². The summed E-state index contributed by atoms with van der Waals surface area (Å²) in [5.74, 6) is -1.03. The van der Waals surface area contributed by atoms with Crippen LogP contribution in [0.5, 0.6) is 0 Å². The van der Waals surface area contributed by atoms with Crippen LogP contribution in [0.3, 0.4) is 0 Å². The van der Waals surface area contributed by atoms with Crippen LogP contribution in [0.2, 0.25) is 0 Å². The number of amides is 1. The number of hydrogen-bond donors (Lipinski definition) is 0. The van der Waals surface area contributed by atoms with Crippen molar-refractivity contribution in [2.45, 2.75) is 13.3 Å². The molecule has 1 unspecified atom stereocenters.